The molecule has 9 heteroatoms. The van der Waals surface area contributed by atoms with Gasteiger partial charge in [-0.05, 0) is 63.9 Å². The van der Waals surface area contributed by atoms with Gasteiger partial charge in [0.2, 0.25) is 0 Å². The van der Waals surface area contributed by atoms with Crippen LogP contribution in [0.5, 0.6) is 5.75 Å². The van der Waals surface area contributed by atoms with Gasteiger partial charge in [-0.3, -0.25) is 0 Å². The number of phenols is 1. The molecular weight excluding hydrogens is 464 g/mol. The highest BCUT2D eigenvalue weighted by atomic mass is 32.2. The molecule has 2 aliphatic rings. The summed E-state index contributed by atoms with van der Waals surface area (Å²) < 4.78 is 5.72. The van der Waals surface area contributed by atoms with Gasteiger partial charge in [0.1, 0.15) is 12.0 Å². The maximum Gasteiger partial charge on any atom is 0.315 e. The summed E-state index contributed by atoms with van der Waals surface area (Å²) in [6, 6.07) is 7.21. The van der Waals surface area contributed by atoms with Crippen molar-refractivity contribution in [2.75, 3.05) is 37.4 Å². The number of carbonyl (C=O) groups excluding carboxylic acids is 2. The zero-order chi connectivity index (χ0) is 26.7. The van der Waals surface area contributed by atoms with Gasteiger partial charge in [-0.2, -0.15) is 11.8 Å². The van der Waals surface area contributed by atoms with Crippen molar-refractivity contribution in [3.8, 4) is 5.75 Å². The Kier molecular flexibility index (Phi) is 18.2. The second-order valence-corrected chi connectivity index (χ2v) is 10.7. The molecule has 1 aromatic carbocycles. The van der Waals surface area contributed by atoms with Crippen molar-refractivity contribution in [2.24, 2.45) is 5.92 Å². The standard InChI is InChI=1S/C10H23NO.C6H7NO.C5H8N2OS.C5H10O/c1-9(2)6-7-12-10(3,4)8-11-5;7-5-1-3-6(8)4-2-5;8-5-6-3-1-9-2-4(3)7-5;1-2-3-4-5-6/h9,11H,6-8H2,1-5H3;1-4,8H,7H2;3-4H,1-2H2,(H2,6,7,8);5H,2-4H2,1H3. The molecule has 8 nitrogen and oxygen atoms in total. The summed E-state index contributed by atoms with van der Waals surface area (Å²) in [6.07, 6.45) is 5.01. The molecule has 1 aromatic rings. The molecule has 2 atom stereocenters. The number of urea groups is 1. The van der Waals surface area contributed by atoms with E-state index in [4.69, 9.17) is 15.6 Å². The second-order valence-electron chi connectivity index (χ2n) is 9.59. The fourth-order valence-electron chi connectivity index (χ4n) is 3.03. The van der Waals surface area contributed by atoms with Gasteiger partial charge in [-0.25, -0.2) is 4.79 Å². The number of carbonyl (C=O) groups is 2. The monoisotopic (exact) mass is 512 g/mol. The molecule has 0 spiro atoms. The van der Waals surface area contributed by atoms with E-state index in [1.54, 1.807) is 24.3 Å². The van der Waals surface area contributed by atoms with Crippen molar-refractivity contribution in [3.05, 3.63) is 24.3 Å². The van der Waals surface area contributed by atoms with E-state index in [9.17, 15) is 9.59 Å². The average molecular weight is 513 g/mol. The van der Waals surface area contributed by atoms with Gasteiger partial charge < -0.3 is 36.3 Å². The first kappa shape index (κ1) is 33.0. The molecule has 2 amide bonds. The van der Waals surface area contributed by atoms with E-state index in [1.807, 2.05) is 18.8 Å². The maximum atomic E-state index is 10.6. The number of nitrogen functional groups attached to an aromatic ring is 1. The van der Waals surface area contributed by atoms with E-state index in [0.717, 1.165) is 62.5 Å². The molecule has 2 heterocycles. The third-order valence-corrected chi connectivity index (χ3v) is 6.26. The molecule has 35 heavy (non-hydrogen) atoms. The molecule has 3 rings (SSSR count). The minimum absolute atomic E-state index is 0.00491. The van der Waals surface area contributed by atoms with Gasteiger partial charge >= 0.3 is 6.03 Å². The SMILES string of the molecule is CCCCC=O.CNCC(C)(C)OCCC(C)C.Nc1ccc(O)cc1.O=C1NC2CSCC2N1. The van der Waals surface area contributed by atoms with Crippen molar-refractivity contribution in [2.45, 2.75) is 78.0 Å². The number of nitrogens with one attached hydrogen (secondary N) is 3. The van der Waals surface area contributed by atoms with E-state index in [1.165, 1.54) is 0 Å². The largest absolute Gasteiger partial charge is 0.508 e. The van der Waals surface area contributed by atoms with Crippen LogP contribution < -0.4 is 21.7 Å². The van der Waals surface area contributed by atoms with Gasteiger partial charge in [-0.1, -0.05) is 27.2 Å². The molecule has 0 aromatic heterocycles. The molecule has 0 radical (unpaired) electrons. The van der Waals surface area contributed by atoms with E-state index in [-0.39, 0.29) is 17.4 Å². The fourth-order valence-corrected chi connectivity index (χ4v) is 4.30. The van der Waals surface area contributed by atoms with E-state index >= 15 is 0 Å². The number of hydrogen-bond donors (Lipinski definition) is 5. The van der Waals surface area contributed by atoms with Gasteiger partial charge in [0.15, 0.2) is 0 Å². The summed E-state index contributed by atoms with van der Waals surface area (Å²) in [5.41, 5.74) is 5.96. The number of aldehydes is 1. The van der Waals surface area contributed by atoms with Crippen LogP contribution in [0.15, 0.2) is 24.3 Å². The Bertz CT molecular complexity index is 651. The Labute approximate surface area is 216 Å². The lowest BCUT2D eigenvalue weighted by atomic mass is 10.1. The Morgan fingerprint density at radius 2 is 1.80 bits per heavy atom. The smallest absolute Gasteiger partial charge is 0.315 e. The summed E-state index contributed by atoms with van der Waals surface area (Å²) in [4.78, 5) is 20.2. The topological polar surface area (TPSA) is 126 Å². The molecule has 0 bridgehead atoms. The summed E-state index contributed by atoms with van der Waals surface area (Å²) in [5.74, 6) is 3.13. The van der Waals surface area contributed by atoms with Crippen LogP contribution >= 0.6 is 11.8 Å². The van der Waals surface area contributed by atoms with Crippen LogP contribution in [0.3, 0.4) is 0 Å². The van der Waals surface area contributed by atoms with Crippen molar-refractivity contribution < 1.29 is 19.4 Å². The Hall–Kier alpha value is -1.97. The lowest BCUT2D eigenvalue weighted by Crippen LogP contribution is -2.36. The van der Waals surface area contributed by atoms with Gasteiger partial charge in [-0.15, -0.1) is 0 Å². The summed E-state index contributed by atoms with van der Waals surface area (Å²) in [7, 11) is 1.95. The molecule has 202 valence electrons. The van der Waals surface area contributed by atoms with Crippen molar-refractivity contribution in [1.29, 1.82) is 0 Å². The summed E-state index contributed by atoms with van der Waals surface area (Å²) in [5, 5.41) is 17.5. The van der Waals surface area contributed by atoms with Gasteiger partial charge in [0.05, 0.1) is 17.7 Å². The number of anilines is 1. The molecule has 6 N–H and O–H groups in total. The number of likely N-dealkylation sites (N-methyl/N-ethyl adjacent to an activating group) is 1. The number of amides is 2. The number of nitrogens with two attached hydrogens (primary N) is 1. The zero-order valence-corrected chi connectivity index (χ0v) is 23.2. The van der Waals surface area contributed by atoms with Crippen LogP contribution in [0.25, 0.3) is 0 Å². The Morgan fingerprint density at radius 1 is 1.23 bits per heavy atom. The molecule has 2 saturated heterocycles. The van der Waals surface area contributed by atoms with Crippen molar-refractivity contribution in [1.82, 2.24) is 16.0 Å². The number of unbranched alkanes of at least 4 members (excludes halogenated alkanes) is 2. The lowest BCUT2D eigenvalue weighted by molar-refractivity contribution is -0.107. The fraction of sp³-hybridized carbons (Fsp3) is 0.692. The number of phenolic OH excluding ortho intramolecular Hbond substituents is 1. The Morgan fingerprint density at radius 3 is 2.20 bits per heavy atom. The minimum Gasteiger partial charge on any atom is -0.508 e. The molecule has 2 fully saturated rings. The summed E-state index contributed by atoms with van der Waals surface area (Å²) in [6.45, 7) is 12.5. The van der Waals surface area contributed by atoms with Crippen LogP contribution in [0, 0.1) is 5.92 Å². The van der Waals surface area contributed by atoms with Crippen LogP contribution in [0.2, 0.25) is 0 Å². The highest BCUT2D eigenvalue weighted by Gasteiger charge is 2.35. The zero-order valence-electron chi connectivity index (χ0n) is 22.4. The average Bonchev–Trinajstić information content (AvgIpc) is 3.36. The number of ether oxygens (including phenoxy) is 1. The molecule has 2 aliphatic heterocycles. The highest BCUT2D eigenvalue weighted by Crippen LogP contribution is 2.20. The number of benzene rings is 1. The lowest BCUT2D eigenvalue weighted by Gasteiger charge is -2.25. The van der Waals surface area contributed by atoms with Crippen LogP contribution in [-0.2, 0) is 9.53 Å². The van der Waals surface area contributed by atoms with Gasteiger partial charge in [0.25, 0.3) is 0 Å². The van der Waals surface area contributed by atoms with E-state index in [2.05, 4.69) is 50.6 Å². The van der Waals surface area contributed by atoms with Crippen molar-refractivity contribution >= 4 is 29.8 Å². The molecule has 2 unspecified atom stereocenters. The number of aromatic hydroxyl groups is 1. The molecule has 0 aliphatic carbocycles. The number of rotatable bonds is 9. The third kappa shape index (κ3) is 18.0. The predicted octanol–water partition coefficient (Wildman–Crippen LogP) is 4.18. The Balaban J connectivity index is 0.000000453. The first-order chi connectivity index (χ1) is 16.5. The molecule has 0 saturated carbocycles. The number of fused-ring (bicyclic) bond motifs is 1. The first-order valence-electron chi connectivity index (χ1n) is 12.5. The normalized spacial score (nSPS) is 18.0. The second kappa shape index (κ2) is 19.2. The highest BCUT2D eigenvalue weighted by molar-refractivity contribution is 7.99. The number of thioether (sulfide) groups is 1. The minimum atomic E-state index is -0.0242. The maximum absolute atomic E-state index is 10.6. The summed E-state index contributed by atoms with van der Waals surface area (Å²) >= 11 is 1.89. The van der Waals surface area contributed by atoms with Crippen LogP contribution in [-0.4, -0.2) is 66.8 Å². The third-order valence-electron chi connectivity index (χ3n) is 5.07. The van der Waals surface area contributed by atoms with E-state index in [0.29, 0.717) is 17.8 Å². The number of hydrogen-bond acceptors (Lipinski definition) is 7. The predicted molar refractivity (Wildman–Crippen MR) is 148 cm³/mol. The van der Waals surface area contributed by atoms with Crippen LogP contribution in [0.4, 0.5) is 10.5 Å². The molecular formula is C26H48N4O4S. The van der Waals surface area contributed by atoms with Crippen molar-refractivity contribution in [3.63, 3.8) is 0 Å². The van der Waals surface area contributed by atoms with E-state index < -0.39 is 0 Å². The van der Waals surface area contributed by atoms with Crippen LogP contribution in [0.1, 0.15) is 60.3 Å². The first-order valence-corrected chi connectivity index (χ1v) is 13.6. The quantitative estimate of drug-likeness (QED) is 0.110. The van der Waals surface area contributed by atoms with Gasteiger partial charge in [0, 0.05) is 36.8 Å².